The minimum atomic E-state index is -0.212. The van der Waals surface area contributed by atoms with Crippen molar-refractivity contribution in [2.24, 2.45) is 4.99 Å². The van der Waals surface area contributed by atoms with E-state index in [2.05, 4.69) is 32.2 Å². The summed E-state index contributed by atoms with van der Waals surface area (Å²) in [6.07, 6.45) is 0. The van der Waals surface area contributed by atoms with Gasteiger partial charge < -0.3 is 15.0 Å². The van der Waals surface area contributed by atoms with E-state index in [9.17, 15) is 4.39 Å². The van der Waals surface area contributed by atoms with Gasteiger partial charge in [0.15, 0.2) is 5.96 Å². The number of hydrogen-bond acceptors (Lipinski definition) is 3. The van der Waals surface area contributed by atoms with Crippen LogP contribution in [0, 0.1) is 5.82 Å². The van der Waals surface area contributed by atoms with Crippen LogP contribution in [0.3, 0.4) is 0 Å². The number of morpholine rings is 1. The van der Waals surface area contributed by atoms with E-state index < -0.39 is 0 Å². The molecule has 0 aliphatic carbocycles. The number of nitrogens with one attached hydrogen (secondary N) is 1. The van der Waals surface area contributed by atoms with Crippen LogP contribution in [0.15, 0.2) is 59.6 Å². The van der Waals surface area contributed by atoms with Crippen molar-refractivity contribution >= 4 is 5.96 Å². The molecule has 2 aromatic rings. The maximum atomic E-state index is 13.4. The molecule has 1 atom stereocenters. The van der Waals surface area contributed by atoms with E-state index in [0.29, 0.717) is 6.54 Å². The summed E-state index contributed by atoms with van der Waals surface area (Å²) in [7, 11) is 3.83. The molecule has 1 heterocycles. The van der Waals surface area contributed by atoms with E-state index in [0.717, 1.165) is 44.4 Å². The Balaban J connectivity index is 1.67. The summed E-state index contributed by atoms with van der Waals surface area (Å²) in [5, 5.41) is 3.50. The van der Waals surface area contributed by atoms with Gasteiger partial charge in [-0.1, -0.05) is 42.5 Å². The zero-order valence-electron chi connectivity index (χ0n) is 16.6. The summed E-state index contributed by atoms with van der Waals surface area (Å²) in [6.45, 7) is 4.64. The number of rotatable bonds is 6. The van der Waals surface area contributed by atoms with Crippen molar-refractivity contribution < 1.29 is 9.13 Å². The number of halogens is 1. The molecule has 28 heavy (non-hydrogen) atoms. The fourth-order valence-electron chi connectivity index (χ4n) is 3.54. The SMILES string of the molecule is CN=C(NCC(c1ccc(F)cc1)N1CCOCC1)N(C)Cc1ccccc1. The number of benzene rings is 2. The molecule has 1 N–H and O–H groups in total. The van der Waals surface area contributed by atoms with E-state index in [-0.39, 0.29) is 11.9 Å². The van der Waals surface area contributed by atoms with Gasteiger partial charge in [0.1, 0.15) is 5.82 Å². The van der Waals surface area contributed by atoms with E-state index in [4.69, 9.17) is 4.74 Å². The molecule has 1 unspecified atom stereocenters. The van der Waals surface area contributed by atoms with Crippen molar-refractivity contribution in [3.63, 3.8) is 0 Å². The van der Waals surface area contributed by atoms with Crippen molar-refractivity contribution in [1.82, 2.24) is 15.1 Å². The Morgan fingerprint density at radius 3 is 2.46 bits per heavy atom. The third-order valence-electron chi connectivity index (χ3n) is 5.03. The van der Waals surface area contributed by atoms with Gasteiger partial charge in [0.2, 0.25) is 0 Å². The van der Waals surface area contributed by atoms with Crippen molar-refractivity contribution in [2.45, 2.75) is 12.6 Å². The lowest BCUT2D eigenvalue weighted by atomic mass is 10.0. The van der Waals surface area contributed by atoms with Gasteiger partial charge in [-0.05, 0) is 23.3 Å². The van der Waals surface area contributed by atoms with Crippen LogP contribution in [0.5, 0.6) is 0 Å². The van der Waals surface area contributed by atoms with Gasteiger partial charge in [0.25, 0.3) is 0 Å². The summed E-state index contributed by atoms with van der Waals surface area (Å²) in [5.74, 6) is 0.625. The molecule has 6 heteroatoms. The number of aliphatic imine (C=N–C) groups is 1. The first kappa shape index (κ1) is 20.3. The summed E-state index contributed by atoms with van der Waals surface area (Å²) in [6, 6.07) is 17.2. The minimum absolute atomic E-state index is 0.131. The predicted octanol–water partition coefficient (Wildman–Crippen LogP) is 2.91. The van der Waals surface area contributed by atoms with Crippen LogP contribution in [-0.4, -0.2) is 62.7 Å². The molecule has 2 aromatic carbocycles. The number of guanidine groups is 1. The Morgan fingerprint density at radius 2 is 1.82 bits per heavy atom. The first-order valence-electron chi connectivity index (χ1n) is 9.70. The van der Waals surface area contributed by atoms with Crippen LogP contribution >= 0.6 is 0 Å². The Labute approximate surface area is 166 Å². The molecule has 1 aliphatic rings. The molecule has 1 aliphatic heterocycles. The number of ether oxygens (including phenoxy) is 1. The zero-order valence-corrected chi connectivity index (χ0v) is 16.6. The maximum absolute atomic E-state index is 13.4. The first-order valence-corrected chi connectivity index (χ1v) is 9.70. The molecule has 1 fully saturated rings. The van der Waals surface area contributed by atoms with Crippen LogP contribution in [0.2, 0.25) is 0 Å². The molecule has 5 nitrogen and oxygen atoms in total. The predicted molar refractivity (Wildman–Crippen MR) is 111 cm³/mol. The maximum Gasteiger partial charge on any atom is 0.193 e. The molecule has 0 spiro atoms. The van der Waals surface area contributed by atoms with Crippen LogP contribution in [0.25, 0.3) is 0 Å². The lowest BCUT2D eigenvalue weighted by Gasteiger charge is -2.35. The third kappa shape index (κ3) is 5.53. The zero-order chi connectivity index (χ0) is 19.8. The summed E-state index contributed by atoms with van der Waals surface area (Å²) >= 11 is 0. The highest BCUT2D eigenvalue weighted by atomic mass is 19.1. The van der Waals surface area contributed by atoms with Gasteiger partial charge in [-0.3, -0.25) is 9.89 Å². The van der Waals surface area contributed by atoms with Gasteiger partial charge in [-0.25, -0.2) is 4.39 Å². The smallest absolute Gasteiger partial charge is 0.193 e. The molecule has 150 valence electrons. The normalized spacial score (nSPS) is 16.6. The quantitative estimate of drug-likeness (QED) is 0.614. The average Bonchev–Trinajstić information content (AvgIpc) is 2.73. The topological polar surface area (TPSA) is 40.1 Å². The van der Waals surface area contributed by atoms with Crippen LogP contribution in [-0.2, 0) is 11.3 Å². The molecular weight excluding hydrogens is 355 g/mol. The van der Waals surface area contributed by atoms with Crippen LogP contribution < -0.4 is 5.32 Å². The molecule has 0 bridgehead atoms. The van der Waals surface area contributed by atoms with E-state index in [1.807, 2.05) is 37.4 Å². The summed E-state index contributed by atoms with van der Waals surface area (Å²) < 4.78 is 18.9. The van der Waals surface area contributed by atoms with Crippen LogP contribution in [0.4, 0.5) is 4.39 Å². The van der Waals surface area contributed by atoms with E-state index in [1.165, 1.54) is 17.7 Å². The molecule has 0 amide bonds. The van der Waals surface area contributed by atoms with Crippen molar-refractivity contribution in [3.8, 4) is 0 Å². The average molecular weight is 384 g/mol. The highest BCUT2D eigenvalue weighted by Gasteiger charge is 2.23. The molecule has 3 rings (SSSR count). The molecule has 0 radical (unpaired) electrons. The Morgan fingerprint density at radius 1 is 1.14 bits per heavy atom. The second-order valence-electron chi connectivity index (χ2n) is 6.99. The second kappa shape index (κ2) is 10.2. The largest absolute Gasteiger partial charge is 0.379 e. The van der Waals surface area contributed by atoms with E-state index in [1.54, 1.807) is 7.05 Å². The summed E-state index contributed by atoms with van der Waals surface area (Å²) in [4.78, 5) is 8.93. The minimum Gasteiger partial charge on any atom is -0.379 e. The molecule has 0 saturated carbocycles. The molecule has 0 aromatic heterocycles. The van der Waals surface area contributed by atoms with Gasteiger partial charge in [0, 0.05) is 40.3 Å². The van der Waals surface area contributed by atoms with Crippen molar-refractivity contribution in [3.05, 3.63) is 71.5 Å². The lowest BCUT2D eigenvalue weighted by Crippen LogP contribution is -2.46. The Hall–Kier alpha value is -2.44. The monoisotopic (exact) mass is 384 g/mol. The highest BCUT2D eigenvalue weighted by Crippen LogP contribution is 2.21. The van der Waals surface area contributed by atoms with Gasteiger partial charge in [0.05, 0.1) is 19.3 Å². The van der Waals surface area contributed by atoms with Crippen molar-refractivity contribution in [1.29, 1.82) is 0 Å². The fourth-order valence-corrected chi connectivity index (χ4v) is 3.54. The van der Waals surface area contributed by atoms with E-state index >= 15 is 0 Å². The van der Waals surface area contributed by atoms with Gasteiger partial charge in [-0.2, -0.15) is 0 Å². The van der Waals surface area contributed by atoms with Gasteiger partial charge in [-0.15, -0.1) is 0 Å². The summed E-state index contributed by atoms with van der Waals surface area (Å²) in [5.41, 5.74) is 2.33. The van der Waals surface area contributed by atoms with Gasteiger partial charge >= 0.3 is 0 Å². The second-order valence-corrected chi connectivity index (χ2v) is 6.99. The van der Waals surface area contributed by atoms with Crippen molar-refractivity contribution in [2.75, 3.05) is 46.9 Å². The Bertz CT molecular complexity index is 745. The Kier molecular flexibility index (Phi) is 7.39. The first-order chi connectivity index (χ1) is 13.7. The molecule has 1 saturated heterocycles. The number of nitrogens with zero attached hydrogens (tertiary/aromatic N) is 3. The van der Waals surface area contributed by atoms with Crippen LogP contribution in [0.1, 0.15) is 17.2 Å². The third-order valence-corrected chi connectivity index (χ3v) is 5.03. The number of hydrogen-bond donors (Lipinski definition) is 1. The molecular formula is C22H29FN4O. The highest BCUT2D eigenvalue weighted by molar-refractivity contribution is 5.79. The fraction of sp³-hybridized carbons (Fsp3) is 0.409. The lowest BCUT2D eigenvalue weighted by molar-refractivity contribution is 0.0169. The standard InChI is InChI=1S/C22H29FN4O/c1-24-22(26(2)17-18-6-4-3-5-7-18)25-16-21(27-12-14-28-15-13-27)19-8-10-20(23)11-9-19/h3-11,21H,12-17H2,1-2H3,(H,24,25).